The smallest absolute Gasteiger partial charge is 0.169 e. The van der Waals surface area contributed by atoms with Crippen LogP contribution in [0.5, 0.6) is 11.5 Å². The van der Waals surface area contributed by atoms with Gasteiger partial charge in [0.1, 0.15) is 25.1 Å². The van der Waals surface area contributed by atoms with E-state index in [4.69, 9.17) is 26.1 Å². The molecule has 0 saturated heterocycles. The number of nitrogens with zero attached hydrogens (tertiary/aromatic N) is 1. The summed E-state index contributed by atoms with van der Waals surface area (Å²) in [5.74, 6) is 2.00. The van der Waals surface area contributed by atoms with Crippen molar-refractivity contribution in [2.75, 3.05) is 19.8 Å². The minimum atomic E-state index is -0.724. The Morgan fingerprint density at radius 3 is 2.57 bits per heavy atom. The molecule has 1 aromatic carbocycles. The van der Waals surface area contributed by atoms with E-state index >= 15 is 0 Å². The predicted octanol–water partition coefficient (Wildman–Crippen LogP) is 3.37. The van der Waals surface area contributed by atoms with Crippen molar-refractivity contribution in [3.8, 4) is 11.5 Å². The van der Waals surface area contributed by atoms with Crippen LogP contribution < -0.4 is 14.8 Å². The van der Waals surface area contributed by atoms with Crippen molar-refractivity contribution in [3.05, 3.63) is 61.1 Å². The van der Waals surface area contributed by atoms with Crippen LogP contribution in [0, 0.1) is 0 Å². The minimum Gasteiger partial charge on any atom is -0.487 e. The molecule has 28 heavy (non-hydrogen) atoms. The summed E-state index contributed by atoms with van der Waals surface area (Å²) in [5, 5.41) is 14.2. The number of benzene rings is 1. The highest BCUT2D eigenvalue weighted by Gasteiger charge is 2.19. The maximum Gasteiger partial charge on any atom is 0.169 e. The third kappa shape index (κ3) is 6.90. The summed E-state index contributed by atoms with van der Waals surface area (Å²) in [6, 6.07) is 11.2. The second kappa shape index (κ2) is 11.4. The normalized spacial score (nSPS) is 11.7. The van der Waals surface area contributed by atoms with E-state index in [2.05, 4.69) is 11.9 Å². The first-order valence-electron chi connectivity index (χ1n) is 9.21. The zero-order valence-corrected chi connectivity index (χ0v) is 17.2. The van der Waals surface area contributed by atoms with Gasteiger partial charge < -0.3 is 29.2 Å². The number of nitrogens with one attached hydrogen (secondary N) is 1. The highest BCUT2D eigenvalue weighted by Crippen LogP contribution is 2.26. The Morgan fingerprint density at radius 1 is 1.25 bits per heavy atom. The average molecular weight is 405 g/mol. The Balaban J connectivity index is 1.87. The highest BCUT2D eigenvalue weighted by molar-refractivity contribution is 7.80. The molecule has 0 saturated carbocycles. The Bertz CT molecular complexity index is 734. The number of furan rings is 1. The fourth-order valence-electron chi connectivity index (χ4n) is 2.51. The van der Waals surface area contributed by atoms with Gasteiger partial charge in [-0.3, -0.25) is 0 Å². The molecule has 0 aliphatic carbocycles. The summed E-state index contributed by atoms with van der Waals surface area (Å²) in [5.41, 5.74) is 0. The van der Waals surface area contributed by atoms with Gasteiger partial charge in [-0.05, 0) is 50.3 Å². The molecule has 0 amide bonds. The third-order valence-electron chi connectivity index (χ3n) is 3.92. The van der Waals surface area contributed by atoms with E-state index in [1.807, 2.05) is 49.1 Å². The molecule has 0 fully saturated rings. The van der Waals surface area contributed by atoms with Crippen LogP contribution in [0.15, 0.2) is 59.7 Å². The Kier molecular flexibility index (Phi) is 8.84. The number of ether oxygens (including phenoxy) is 2. The van der Waals surface area contributed by atoms with E-state index in [0.29, 0.717) is 36.3 Å². The van der Waals surface area contributed by atoms with Gasteiger partial charge in [-0.15, -0.1) is 0 Å². The number of para-hydroxylation sites is 2. The first kappa shape index (κ1) is 21.8. The van der Waals surface area contributed by atoms with E-state index in [1.165, 1.54) is 0 Å². The van der Waals surface area contributed by atoms with E-state index in [1.54, 1.807) is 18.4 Å². The average Bonchev–Trinajstić information content (AvgIpc) is 3.21. The topological polar surface area (TPSA) is 67.1 Å². The molecule has 2 aromatic rings. The molecule has 6 nitrogen and oxygen atoms in total. The highest BCUT2D eigenvalue weighted by atomic mass is 32.1. The van der Waals surface area contributed by atoms with E-state index in [-0.39, 0.29) is 12.6 Å². The lowest BCUT2D eigenvalue weighted by atomic mass is 10.2. The van der Waals surface area contributed by atoms with Crippen LogP contribution in [0.3, 0.4) is 0 Å². The fourth-order valence-corrected chi connectivity index (χ4v) is 2.87. The summed E-state index contributed by atoms with van der Waals surface area (Å²) in [6.45, 7) is 9.03. The van der Waals surface area contributed by atoms with Crippen LogP contribution in [-0.4, -0.2) is 47.0 Å². The van der Waals surface area contributed by atoms with Crippen LogP contribution >= 0.6 is 12.2 Å². The fraction of sp³-hybridized carbons (Fsp3) is 0.381. The predicted molar refractivity (Wildman–Crippen MR) is 114 cm³/mol. The number of thiocarbonyl (C=S) groups is 1. The van der Waals surface area contributed by atoms with Crippen LogP contribution in [0.2, 0.25) is 0 Å². The quantitative estimate of drug-likeness (QED) is 0.440. The maximum absolute atomic E-state index is 10.5. The van der Waals surface area contributed by atoms with Crippen molar-refractivity contribution >= 4 is 17.3 Å². The van der Waals surface area contributed by atoms with Crippen molar-refractivity contribution in [1.82, 2.24) is 10.2 Å². The molecule has 0 spiro atoms. The van der Waals surface area contributed by atoms with E-state index in [0.717, 1.165) is 5.76 Å². The number of hydrogen-bond acceptors (Lipinski definition) is 5. The van der Waals surface area contributed by atoms with E-state index in [9.17, 15) is 5.11 Å². The van der Waals surface area contributed by atoms with Crippen LogP contribution in [0.1, 0.15) is 19.6 Å². The Labute approximate surface area is 171 Å². The molecule has 1 atom stereocenters. The minimum absolute atomic E-state index is 0.120. The molecule has 152 valence electrons. The summed E-state index contributed by atoms with van der Waals surface area (Å²) in [4.78, 5) is 1.92. The summed E-state index contributed by atoms with van der Waals surface area (Å²) < 4.78 is 16.6. The number of aliphatic hydroxyl groups excluding tert-OH is 1. The van der Waals surface area contributed by atoms with Gasteiger partial charge in [0, 0.05) is 12.6 Å². The zero-order valence-electron chi connectivity index (χ0n) is 16.3. The third-order valence-corrected chi connectivity index (χ3v) is 4.30. The lowest BCUT2D eigenvalue weighted by molar-refractivity contribution is 0.0790. The molecule has 2 N–H and O–H groups in total. The first-order valence-corrected chi connectivity index (χ1v) is 9.62. The lowest BCUT2D eigenvalue weighted by Gasteiger charge is -2.31. The summed E-state index contributed by atoms with van der Waals surface area (Å²) >= 11 is 5.48. The SMILES string of the molecule is C=CCOc1ccccc1OCC(O)CN(C(=S)NCc1ccco1)C(C)C. The van der Waals surface area contributed by atoms with Gasteiger partial charge in [-0.1, -0.05) is 24.8 Å². The van der Waals surface area contributed by atoms with Crippen molar-refractivity contribution < 1.29 is 19.0 Å². The second-order valence-electron chi connectivity index (χ2n) is 6.50. The molecule has 1 aromatic heterocycles. The van der Waals surface area contributed by atoms with Crippen LogP contribution in [-0.2, 0) is 6.54 Å². The molecule has 0 aliphatic heterocycles. The number of hydrogen-bond donors (Lipinski definition) is 2. The summed E-state index contributed by atoms with van der Waals surface area (Å²) in [7, 11) is 0. The van der Waals surface area contributed by atoms with Gasteiger partial charge in [-0.25, -0.2) is 0 Å². The van der Waals surface area contributed by atoms with Gasteiger partial charge in [-0.2, -0.15) is 0 Å². The van der Waals surface area contributed by atoms with Crippen LogP contribution in [0.4, 0.5) is 0 Å². The van der Waals surface area contributed by atoms with Gasteiger partial charge in [0.15, 0.2) is 16.6 Å². The first-order chi connectivity index (χ1) is 13.5. The van der Waals surface area contributed by atoms with Gasteiger partial charge in [0.25, 0.3) is 0 Å². The van der Waals surface area contributed by atoms with Crippen molar-refractivity contribution in [2.24, 2.45) is 0 Å². The van der Waals surface area contributed by atoms with Crippen molar-refractivity contribution in [1.29, 1.82) is 0 Å². The molecule has 7 heteroatoms. The molecule has 2 rings (SSSR count). The van der Waals surface area contributed by atoms with Crippen molar-refractivity contribution in [2.45, 2.75) is 32.5 Å². The number of aliphatic hydroxyl groups is 1. The molecular formula is C21H28N2O4S. The molecular weight excluding hydrogens is 376 g/mol. The standard InChI is InChI=1S/C21H28N2O4S/c1-4-11-26-19-9-5-6-10-20(19)27-15-17(24)14-23(16(2)3)21(28)22-13-18-8-7-12-25-18/h4-10,12,16-17,24H,1,11,13-15H2,2-3H3,(H,22,28). The zero-order chi connectivity index (χ0) is 20.4. The maximum atomic E-state index is 10.5. The van der Waals surface area contributed by atoms with Gasteiger partial charge in [0.05, 0.1) is 12.8 Å². The summed E-state index contributed by atoms with van der Waals surface area (Å²) in [6.07, 6.45) is 2.57. The molecule has 0 aliphatic rings. The number of rotatable bonds is 11. The Hall–Kier alpha value is -2.51. The van der Waals surface area contributed by atoms with Gasteiger partial charge in [0.2, 0.25) is 0 Å². The molecule has 0 radical (unpaired) electrons. The second-order valence-corrected chi connectivity index (χ2v) is 6.88. The monoisotopic (exact) mass is 404 g/mol. The molecule has 1 heterocycles. The Morgan fingerprint density at radius 2 is 1.96 bits per heavy atom. The molecule has 0 bridgehead atoms. The van der Waals surface area contributed by atoms with Crippen molar-refractivity contribution in [3.63, 3.8) is 0 Å². The van der Waals surface area contributed by atoms with E-state index < -0.39 is 6.10 Å². The molecule has 1 unspecified atom stereocenters. The van der Waals surface area contributed by atoms with Crippen LogP contribution in [0.25, 0.3) is 0 Å². The largest absolute Gasteiger partial charge is 0.487 e. The lowest BCUT2D eigenvalue weighted by Crippen LogP contribution is -2.48. The van der Waals surface area contributed by atoms with Gasteiger partial charge >= 0.3 is 0 Å².